The van der Waals surface area contributed by atoms with Crippen LogP contribution in [0.15, 0.2) is 22.7 Å². The largest absolute Gasteiger partial charge is 0.432 e. The monoisotopic (exact) mass is 148 g/mol. The lowest BCUT2D eigenvalue weighted by atomic mass is 10.5. The van der Waals surface area contributed by atoms with Gasteiger partial charge in [0.25, 0.3) is 5.89 Å². The predicted octanol–water partition coefficient (Wildman–Crippen LogP) is 1.04. The van der Waals surface area contributed by atoms with Gasteiger partial charge in [-0.25, -0.2) is 4.98 Å². The summed E-state index contributed by atoms with van der Waals surface area (Å²) in [5, 5.41) is 0. The molecular formula is C7H4N2O2. The van der Waals surface area contributed by atoms with E-state index in [0.717, 1.165) is 0 Å². The zero-order chi connectivity index (χ0) is 7.68. The SMILES string of the molecule is O=Cc1nc2ncccc2o1. The van der Waals surface area contributed by atoms with Crippen molar-refractivity contribution in [3.63, 3.8) is 0 Å². The number of nitrogens with zero attached hydrogens (tertiary/aromatic N) is 2. The molecule has 0 spiro atoms. The zero-order valence-electron chi connectivity index (χ0n) is 5.52. The molecule has 54 valence electrons. The number of rotatable bonds is 1. The topological polar surface area (TPSA) is 56.0 Å². The maximum Gasteiger partial charge on any atom is 0.262 e. The molecule has 0 fully saturated rings. The molecule has 0 aliphatic carbocycles. The smallest absolute Gasteiger partial charge is 0.262 e. The van der Waals surface area contributed by atoms with Gasteiger partial charge in [-0.1, -0.05) is 0 Å². The number of aromatic nitrogens is 2. The highest BCUT2D eigenvalue weighted by Crippen LogP contribution is 2.09. The van der Waals surface area contributed by atoms with Gasteiger partial charge < -0.3 is 4.42 Å². The summed E-state index contributed by atoms with van der Waals surface area (Å²) in [6.07, 6.45) is 2.15. The highest BCUT2D eigenvalue weighted by molar-refractivity contribution is 5.75. The lowest BCUT2D eigenvalue weighted by molar-refractivity contribution is 0.109. The molecule has 0 aliphatic rings. The number of carbonyl (C=O) groups is 1. The number of fused-ring (bicyclic) bond motifs is 1. The normalized spacial score (nSPS) is 10.2. The Bertz CT molecular complexity index is 361. The second-order valence-corrected chi connectivity index (χ2v) is 2.00. The molecule has 4 nitrogen and oxygen atoms in total. The Morgan fingerprint density at radius 2 is 2.45 bits per heavy atom. The van der Waals surface area contributed by atoms with E-state index in [2.05, 4.69) is 9.97 Å². The Morgan fingerprint density at radius 3 is 3.18 bits per heavy atom. The minimum Gasteiger partial charge on any atom is -0.432 e. The summed E-state index contributed by atoms with van der Waals surface area (Å²) < 4.78 is 4.98. The van der Waals surface area contributed by atoms with Crippen molar-refractivity contribution >= 4 is 17.5 Å². The third-order valence-corrected chi connectivity index (χ3v) is 1.28. The summed E-state index contributed by atoms with van der Waals surface area (Å²) in [5.74, 6) is 0.0682. The first-order valence-electron chi connectivity index (χ1n) is 3.07. The molecule has 0 radical (unpaired) electrons. The Balaban J connectivity index is 2.78. The van der Waals surface area contributed by atoms with Crippen molar-refractivity contribution < 1.29 is 9.21 Å². The van der Waals surface area contributed by atoms with Gasteiger partial charge >= 0.3 is 0 Å². The molecule has 0 amide bonds. The molecule has 2 rings (SSSR count). The van der Waals surface area contributed by atoms with Crippen LogP contribution in [0.25, 0.3) is 11.2 Å². The molecule has 11 heavy (non-hydrogen) atoms. The molecule has 4 heteroatoms. The van der Waals surface area contributed by atoms with Crippen LogP contribution >= 0.6 is 0 Å². The van der Waals surface area contributed by atoms with Crippen LogP contribution in [0.4, 0.5) is 0 Å². The quantitative estimate of drug-likeness (QED) is 0.567. The molecule has 0 unspecified atom stereocenters. The molecule has 0 atom stereocenters. The fourth-order valence-corrected chi connectivity index (χ4v) is 0.836. The molecule has 2 aromatic heterocycles. The highest BCUT2D eigenvalue weighted by Gasteiger charge is 2.02. The Hall–Kier alpha value is -1.71. The van der Waals surface area contributed by atoms with Crippen LogP contribution < -0.4 is 0 Å². The van der Waals surface area contributed by atoms with Gasteiger partial charge in [-0.3, -0.25) is 4.79 Å². The van der Waals surface area contributed by atoms with Crippen molar-refractivity contribution in [2.24, 2.45) is 0 Å². The first-order chi connectivity index (χ1) is 5.40. The average Bonchev–Trinajstić information content (AvgIpc) is 2.46. The van der Waals surface area contributed by atoms with Crippen molar-refractivity contribution in [1.82, 2.24) is 9.97 Å². The van der Waals surface area contributed by atoms with Crippen molar-refractivity contribution in [2.45, 2.75) is 0 Å². The van der Waals surface area contributed by atoms with Crippen LogP contribution in [0.1, 0.15) is 10.7 Å². The second kappa shape index (κ2) is 2.16. The van der Waals surface area contributed by atoms with E-state index in [1.165, 1.54) is 0 Å². The molecule has 2 heterocycles. The van der Waals surface area contributed by atoms with E-state index in [1.807, 2.05) is 0 Å². The van der Waals surface area contributed by atoms with Crippen molar-refractivity contribution in [3.05, 3.63) is 24.2 Å². The standard InChI is InChI=1S/C7H4N2O2/c10-4-6-9-7-5(11-6)2-1-3-8-7/h1-4H. The van der Waals surface area contributed by atoms with Gasteiger partial charge in [0.1, 0.15) is 0 Å². The first kappa shape index (κ1) is 6.03. The molecule has 0 saturated heterocycles. The van der Waals surface area contributed by atoms with Crippen molar-refractivity contribution in [1.29, 1.82) is 0 Å². The number of hydrogen-bond donors (Lipinski definition) is 0. The molecular weight excluding hydrogens is 144 g/mol. The first-order valence-corrected chi connectivity index (χ1v) is 3.07. The number of carbonyl (C=O) groups excluding carboxylic acids is 1. The van der Waals surface area contributed by atoms with Gasteiger partial charge in [-0.2, -0.15) is 4.98 Å². The molecule has 0 N–H and O–H groups in total. The Kier molecular flexibility index (Phi) is 1.18. The van der Waals surface area contributed by atoms with E-state index in [1.54, 1.807) is 18.3 Å². The van der Waals surface area contributed by atoms with E-state index in [0.29, 0.717) is 17.5 Å². The fourth-order valence-electron chi connectivity index (χ4n) is 0.836. The zero-order valence-corrected chi connectivity index (χ0v) is 5.52. The van der Waals surface area contributed by atoms with E-state index in [9.17, 15) is 4.79 Å². The lowest BCUT2D eigenvalue weighted by Gasteiger charge is -1.78. The summed E-state index contributed by atoms with van der Waals surface area (Å²) in [7, 11) is 0. The molecule has 2 aromatic rings. The summed E-state index contributed by atoms with van der Waals surface area (Å²) in [4.78, 5) is 17.9. The lowest BCUT2D eigenvalue weighted by Crippen LogP contribution is -1.76. The van der Waals surface area contributed by atoms with Crippen LogP contribution in [0.3, 0.4) is 0 Å². The van der Waals surface area contributed by atoms with Gasteiger partial charge in [0.15, 0.2) is 11.2 Å². The van der Waals surface area contributed by atoms with E-state index >= 15 is 0 Å². The molecule has 0 bridgehead atoms. The fraction of sp³-hybridized carbons (Fsp3) is 0. The van der Waals surface area contributed by atoms with E-state index in [4.69, 9.17) is 4.42 Å². The van der Waals surface area contributed by atoms with Gasteiger partial charge in [0.2, 0.25) is 6.29 Å². The van der Waals surface area contributed by atoms with Crippen molar-refractivity contribution in [2.75, 3.05) is 0 Å². The number of pyridine rings is 1. The predicted molar refractivity (Wildman–Crippen MR) is 37.2 cm³/mol. The highest BCUT2D eigenvalue weighted by atomic mass is 16.4. The van der Waals surface area contributed by atoms with Crippen molar-refractivity contribution in [3.8, 4) is 0 Å². The van der Waals surface area contributed by atoms with Crippen LogP contribution in [-0.4, -0.2) is 16.3 Å². The number of aldehydes is 1. The third-order valence-electron chi connectivity index (χ3n) is 1.28. The maximum atomic E-state index is 10.2. The van der Waals surface area contributed by atoms with Crippen LogP contribution in [0.5, 0.6) is 0 Å². The minimum atomic E-state index is 0.0682. The van der Waals surface area contributed by atoms with Gasteiger partial charge in [0, 0.05) is 6.20 Å². The second-order valence-electron chi connectivity index (χ2n) is 2.00. The number of oxazole rings is 1. The van der Waals surface area contributed by atoms with Crippen LogP contribution in [0.2, 0.25) is 0 Å². The summed E-state index contributed by atoms with van der Waals surface area (Å²) in [5.41, 5.74) is 1.00. The third kappa shape index (κ3) is 0.881. The molecule has 0 aromatic carbocycles. The van der Waals surface area contributed by atoms with Gasteiger partial charge in [-0.15, -0.1) is 0 Å². The van der Waals surface area contributed by atoms with Gasteiger partial charge in [-0.05, 0) is 12.1 Å². The Labute approximate surface area is 61.9 Å². The van der Waals surface area contributed by atoms with E-state index < -0.39 is 0 Å². The minimum absolute atomic E-state index is 0.0682. The molecule has 0 saturated carbocycles. The summed E-state index contributed by atoms with van der Waals surface area (Å²) >= 11 is 0. The van der Waals surface area contributed by atoms with Crippen LogP contribution in [-0.2, 0) is 0 Å². The van der Waals surface area contributed by atoms with Crippen LogP contribution in [0, 0.1) is 0 Å². The van der Waals surface area contributed by atoms with E-state index in [-0.39, 0.29) is 5.89 Å². The average molecular weight is 148 g/mol. The maximum absolute atomic E-state index is 10.2. The summed E-state index contributed by atoms with van der Waals surface area (Å²) in [6.45, 7) is 0. The summed E-state index contributed by atoms with van der Waals surface area (Å²) in [6, 6.07) is 3.43. The number of hydrogen-bond acceptors (Lipinski definition) is 4. The van der Waals surface area contributed by atoms with Gasteiger partial charge in [0.05, 0.1) is 0 Å². The molecule has 0 aliphatic heterocycles. The Morgan fingerprint density at radius 1 is 1.55 bits per heavy atom.